The Morgan fingerprint density at radius 1 is 1.14 bits per heavy atom. The van der Waals surface area contributed by atoms with Gasteiger partial charge in [-0.25, -0.2) is 13.4 Å². The average Bonchev–Trinajstić information content (AvgIpc) is 3.13. The van der Waals surface area contributed by atoms with Gasteiger partial charge in [-0.2, -0.15) is 0 Å². The number of aliphatic hydroxyl groups is 1. The van der Waals surface area contributed by atoms with Gasteiger partial charge in [-0.1, -0.05) is 41.9 Å². The molecule has 0 aliphatic rings. The Morgan fingerprint density at radius 3 is 2.52 bits per heavy atom. The Bertz CT molecular complexity index is 1070. The zero-order chi connectivity index (χ0) is 20.9. The van der Waals surface area contributed by atoms with E-state index in [1.54, 1.807) is 17.5 Å². The van der Waals surface area contributed by atoms with E-state index in [9.17, 15) is 18.3 Å². The molecule has 0 radical (unpaired) electrons. The van der Waals surface area contributed by atoms with Crippen LogP contribution in [0.15, 0.2) is 64.9 Å². The van der Waals surface area contributed by atoms with Crippen LogP contribution in [0.2, 0.25) is 5.02 Å². The third kappa shape index (κ3) is 6.01. The minimum atomic E-state index is -3.79. The number of rotatable bonds is 8. The summed E-state index contributed by atoms with van der Waals surface area (Å²) < 4.78 is 27.1. The standard InChI is InChI=1S/C19H18ClN3O4S2/c20-14-6-8-16(9-7-14)29(26,27)23-19-22-15(12-28-19)10-18(25)21-11-17(24)13-4-2-1-3-5-13/h1-9,12,17,24H,10-11H2,(H,21,25)(H,22,23)/t17-/m0/s1. The smallest absolute Gasteiger partial charge is 0.263 e. The van der Waals surface area contributed by atoms with Crippen LogP contribution in [0.25, 0.3) is 0 Å². The van der Waals surface area contributed by atoms with Crippen molar-refractivity contribution in [1.29, 1.82) is 0 Å². The molecule has 0 saturated heterocycles. The van der Waals surface area contributed by atoms with Crippen LogP contribution in [0.3, 0.4) is 0 Å². The van der Waals surface area contributed by atoms with Gasteiger partial charge in [-0.3, -0.25) is 9.52 Å². The molecule has 0 saturated carbocycles. The zero-order valence-corrected chi connectivity index (χ0v) is 17.5. The predicted molar refractivity (Wildman–Crippen MR) is 112 cm³/mol. The SMILES string of the molecule is O=C(Cc1csc(NS(=O)(=O)c2ccc(Cl)cc2)n1)NC[C@H](O)c1ccccc1. The molecule has 0 fully saturated rings. The van der Waals surface area contributed by atoms with Crippen molar-refractivity contribution in [2.24, 2.45) is 0 Å². The first-order chi connectivity index (χ1) is 13.8. The minimum Gasteiger partial charge on any atom is -0.387 e. The molecule has 1 aromatic heterocycles. The van der Waals surface area contributed by atoms with Gasteiger partial charge >= 0.3 is 0 Å². The number of sulfonamides is 1. The Morgan fingerprint density at radius 2 is 1.83 bits per heavy atom. The topological polar surface area (TPSA) is 108 Å². The highest BCUT2D eigenvalue weighted by molar-refractivity contribution is 7.93. The molecule has 1 amide bonds. The van der Waals surface area contributed by atoms with E-state index in [-0.39, 0.29) is 28.9 Å². The van der Waals surface area contributed by atoms with E-state index in [1.165, 1.54) is 24.3 Å². The molecular formula is C19H18ClN3O4S2. The van der Waals surface area contributed by atoms with Gasteiger partial charge in [0.1, 0.15) is 0 Å². The maximum Gasteiger partial charge on any atom is 0.263 e. The van der Waals surface area contributed by atoms with E-state index in [1.807, 2.05) is 18.2 Å². The Kier molecular flexibility index (Phi) is 6.86. The lowest BCUT2D eigenvalue weighted by Crippen LogP contribution is -2.29. The van der Waals surface area contributed by atoms with Crippen LogP contribution in [-0.4, -0.2) is 31.0 Å². The van der Waals surface area contributed by atoms with Crippen LogP contribution in [0.1, 0.15) is 17.4 Å². The van der Waals surface area contributed by atoms with Gasteiger partial charge in [0.15, 0.2) is 5.13 Å². The van der Waals surface area contributed by atoms with Gasteiger partial charge in [0, 0.05) is 16.9 Å². The summed E-state index contributed by atoms with van der Waals surface area (Å²) in [7, 11) is -3.79. The van der Waals surface area contributed by atoms with E-state index in [0.717, 1.165) is 11.3 Å². The third-order valence-electron chi connectivity index (χ3n) is 3.92. The molecule has 10 heteroatoms. The van der Waals surface area contributed by atoms with E-state index in [2.05, 4.69) is 15.0 Å². The maximum atomic E-state index is 12.4. The van der Waals surface area contributed by atoms with Crippen molar-refractivity contribution in [3.05, 3.63) is 76.3 Å². The second kappa shape index (κ2) is 9.36. The zero-order valence-electron chi connectivity index (χ0n) is 15.1. The molecular weight excluding hydrogens is 434 g/mol. The summed E-state index contributed by atoms with van der Waals surface area (Å²) in [5, 5.41) is 14.9. The number of aliphatic hydroxyl groups excluding tert-OH is 1. The number of aromatic nitrogens is 1. The molecule has 7 nitrogen and oxygen atoms in total. The van der Waals surface area contributed by atoms with Crippen molar-refractivity contribution in [2.45, 2.75) is 17.4 Å². The number of carbonyl (C=O) groups excluding carboxylic acids is 1. The number of halogens is 1. The largest absolute Gasteiger partial charge is 0.387 e. The summed E-state index contributed by atoms with van der Waals surface area (Å²) in [6, 6.07) is 14.8. The highest BCUT2D eigenvalue weighted by atomic mass is 35.5. The normalized spacial score (nSPS) is 12.3. The van der Waals surface area contributed by atoms with Crippen LogP contribution < -0.4 is 10.0 Å². The van der Waals surface area contributed by atoms with Crippen LogP contribution in [0.4, 0.5) is 5.13 Å². The molecule has 0 spiro atoms. The minimum absolute atomic E-state index is 0.0271. The van der Waals surface area contributed by atoms with E-state index >= 15 is 0 Å². The van der Waals surface area contributed by atoms with Crippen LogP contribution >= 0.6 is 22.9 Å². The lowest BCUT2D eigenvalue weighted by atomic mass is 10.1. The second-order valence-electron chi connectivity index (χ2n) is 6.11. The molecule has 0 unspecified atom stereocenters. The summed E-state index contributed by atoms with van der Waals surface area (Å²) >= 11 is 6.86. The fraction of sp³-hybridized carbons (Fsp3) is 0.158. The molecule has 3 rings (SSSR count). The number of hydrogen-bond donors (Lipinski definition) is 3. The molecule has 29 heavy (non-hydrogen) atoms. The Hall–Kier alpha value is -2.46. The molecule has 0 aliphatic carbocycles. The second-order valence-corrected chi connectivity index (χ2v) is 9.09. The molecule has 1 atom stereocenters. The molecule has 3 N–H and O–H groups in total. The number of anilines is 1. The first-order valence-electron chi connectivity index (χ1n) is 8.56. The number of thiazole rings is 1. The first kappa shape index (κ1) is 21.3. The van der Waals surface area contributed by atoms with Crippen LogP contribution in [-0.2, 0) is 21.2 Å². The van der Waals surface area contributed by atoms with Crippen molar-refractivity contribution < 1.29 is 18.3 Å². The Balaban J connectivity index is 1.54. The number of benzene rings is 2. The number of nitrogens with zero attached hydrogens (tertiary/aromatic N) is 1. The summed E-state index contributed by atoms with van der Waals surface area (Å²) in [5.41, 5.74) is 1.14. The monoisotopic (exact) mass is 451 g/mol. The van der Waals surface area contributed by atoms with Gasteiger partial charge in [0.2, 0.25) is 5.91 Å². The number of carbonyl (C=O) groups is 1. The predicted octanol–water partition coefficient (Wildman–Crippen LogP) is 2.99. The number of nitrogens with one attached hydrogen (secondary N) is 2. The molecule has 1 heterocycles. The molecule has 3 aromatic rings. The van der Waals surface area contributed by atoms with Crippen molar-refractivity contribution in [3.63, 3.8) is 0 Å². The van der Waals surface area contributed by atoms with Crippen molar-refractivity contribution >= 4 is 44.0 Å². The van der Waals surface area contributed by atoms with Crippen LogP contribution in [0.5, 0.6) is 0 Å². The van der Waals surface area contributed by atoms with Gasteiger partial charge in [0.05, 0.1) is 23.1 Å². The highest BCUT2D eigenvalue weighted by Crippen LogP contribution is 2.21. The lowest BCUT2D eigenvalue weighted by Gasteiger charge is -2.11. The molecule has 0 bridgehead atoms. The third-order valence-corrected chi connectivity index (χ3v) is 6.46. The summed E-state index contributed by atoms with van der Waals surface area (Å²) in [6.45, 7) is 0.0725. The summed E-state index contributed by atoms with van der Waals surface area (Å²) in [5.74, 6) is -0.322. The van der Waals surface area contributed by atoms with E-state index in [0.29, 0.717) is 16.3 Å². The number of amides is 1. The quantitative estimate of drug-likeness (QED) is 0.488. The van der Waals surface area contributed by atoms with Crippen LogP contribution in [0, 0.1) is 0 Å². The highest BCUT2D eigenvalue weighted by Gasteiger charge is 2.17. The molecule has 0 aliphatic heterocycles. The summed E-state index contributed by atoms with van der Waals surface area (Å²) in [4.78, 5) is 16.3. The fourth-order valence-electron chi connectivity index (χ4n) is 2.45. The average molecular weight is 452 g/mol. The van der Waals surface area contributed by atoms with Gasteiger partial charge < -0.3 is 10.4 Å². The maximum absolute atomic E-state index is 12.4. The lowest BCUT2D eigenvalue weighted by molar-refractivity contribution is -0.120. The van der Waals surface area contributed by atoms with E-state index < -0.39 is 16.1 Å². The van der Waals surface area contributed by atoms with Gasteiger partial charge in [-0.05, 0) is 29.8 Å². The van der Waals surface area contributed by atoms with Gasteiger partial charge in [-0.15, -0.1) is 11.3 Å². The first-order valence-corrected chi connectivity index (χ1v) is 11.3. The molecule has 152 valence electrons. The number of hydrogen-bond acceptors (Lipinski definition) is 6. The molecule has 2 aromatic carbocycles. The van der Waals surface area contributed by atoms with Crippen molar-refractivity contribution in [2.75, 3.05) is 11.3 Å². The fourth-order valence-corrected chi connectivity index (χ4v) is 4.54. The van der Waals surface area contributed by atoms with E-state index in [4.69, 9.17) is 11.6 Å². The van der Waals surface area contributed by atoms with Crippen molar-refractivity contribution in [1.82, 2.24) is 10.3 Å². The van der Waals surface area contributed by atoms with Gasteiger partial charge in [0.25, 0.3) is 10.0 Å². The van der Waals surface area contributed by atoms with Crippen molar-refractivity contribution in [3.8, 4) is 0 Å². The summed E-state index contributed by atoms with van der Waals surface area (Å²) in [6.07, 6.45) is -0.835. The Labute approximate surface area is 177 Å².